The van der Waals surface area contributed by atoms with Gasteiger partial charge in [-0.25, -0.2) is 9.78 Å². The lowest BCUT2D eigenvalue weighted by Gasteiger charge is -2.18. The van der Waals surface area contributed by atoms with Crippen LogP contribution < -0.4 is 10.9 Å². The molecular formula is C20H19N3O5S. The van der Waals surface area contributed by atoms with E-state index in [-0.39, 0.29) is 16.0 Å². The average Bonchev–Trinajstić information content (AvgIpc) is 3.02. The van der Waals surface area contributed by atoms with Gasteiger partial charge in [-0.05, 0) is 38.0 Å². The fourth-order valence-corrected chi connectivity index (χ4v) is 4.09. The Morgan fingerprint density at radius 3 is 2.66 bits per heavy atom. The standard InChI is InChI=1S/C20H19N3O5S/c1-4-14(17(25)22-13-7-5-6-12(8-13)11(3)24)23-9-21-18-15(19(23)26)10(2)16(29-18)20(27)28/h5-9,14H,4H2,1-3H3,(H,22,25)(H,27,28). The Morgan fingerprint density at radius 1 is 1.31 bits per heavy atom. The summed E-state index contributed by atoms with van der Waals surface area (Å²) in [7, 11) is 0. The van der Waals surface area contributed by atoms with Crippen LogP contribution in [0.3, 0.4) is 0 Å². The second-order valence-electron chi connectivity index (χ2n) is 6.55. The number of amides is 1. The van der Waals surface area contributed by atoms with E-state index in [0.717, 1.165) is 11.3 Å². The van der Waals surface area contributed by atoms with Crippen LogP contribution in [0.2, 0.25) is 0 Å². The Hall–Kier alpha value is -3.33. The third-order valence-electron chi connectivity index (χ3n) is 4.63. The van der Waals surface area contributed by atoms with E-state index in [1.807, 2.05) is 0 Å². The Morgan fingerprint density at radius 2 is 2.03 bits per heavy atom. The highest BCUT2D eigenvalue weighted by Crippen LogP contribution is 2.27. The van der Waals surface area contributed by atoms with Crippen molar-refractivity contribution in [3.8, 4) is 0 Å². The topological polar surface area (TPSA) is 118 Å². The minimum absolute atomic E-state index is 0.0564. The van der Waals surface area contributed by atoms with Crippen LogP contribution in [0.15, 0.2) is 35.4 Å². The molecule has 0 saturated carbocycles. The van der Waals surface area contributed by atoms with Crippen molar-refractivity contribution in [1.29, 1.82) is 0 Å². The van der Waals surface area contributed by atoms with Crippen molar-refractivity contribution in [2.75, 3.05) is 5.32 Å². The van der Waals surface area contributed by atoms with E-state index in [1.165, 1.54) is 17.8 Å². The number of aromatic nitrogens is 2. The van der Waals surface area contributed by atoms with Crippen LogP contribution >= 0.6 is 11.3 Å². The molecule has 2 N–H and O–H groups in total. The zero-order valence-corrected chi connectivity index (χ0v) is 16.9. The number of ketones is 1. The number of carbonyl (C=O) groups excluding carboxylic acids is 2. The van der Waals surface area contributed by atoms with Crippen LogP contribution in [0, 0.1) is 6.92 Å². The largest absolute Gasteiger partial charge is 0.477 e. The van der Waals surface area contributed by atoms with Crippen LogP contribution in [0.25, 0.3) is 10.2 Å². The molecule has 1 amide bonds. The summed E-state index contributed by atoms with van der Waals surface area (Å²) in [6.07, 6.45) is 1.59. The molecule has 0 fully saturated rings. The minimum atomic E-state index is -1.12. The number of Topliss-reactive ketones (excluding diaryl/α,β-unsaturated/α-hetero) is 1. The molecule has 8 nitrogen and oxygen atoms in total. The molecule has 1 atom stereocenters. The first-order valence-electron chi connectivity index (χ1n) is 8.90. The van der Waals surface area contributed by atoms with Crippen molar-refractivity contribution < 1.29 is 19.5 Å². The molecule has 3 aromatic rings. The number of benzene rings is 1. The molecule has 1 aromatic carbocycles. The molecular weight excluding hydrogens is 394 g/mol. The normalized spacial score (nSPS) is 12.0. The van der Waals surface area contributed by atoms with Crippen molar-refractivity contribution in [2.24, 2.45) is 0 Å². The van der Waals surface area contributed by atoms with Crippen LogP contribution in [0.1, 0.15) is 51.9 Å². The fraction of sp³-hybridized carbons (Fsp3) is 0.250. The van der Waals surface area contributed by atoms with Gasteiger partial charge in [0.05, 0.1) is 11.7 Å². The van der Waals surface area contributed by atoms with Crippen LogP contribution in [0.5, 0.6) is 0 Å². The molecule has 1 unspecified atom stereocenters. The summed E-state index contributed by atoms with van der Waals surface area (Å²) in [6, 6.07) is 5.70. The Bertz CT molecular complexity index is 1190. The number of fused-ring (bicyclic) bond motifs is 1. The lowest BCUT2D eigenvalue weighted by molar-refractivity contribution is -0.119. The first-order valence-corrected chi connectivity index (χ1v) is 9.71. The van der Waals surface area contributed by atoms with Gasteiger partial charge < -0.3 is 10.4 Å². The molecule has 2 heterocycles. The molecule has 0 saturated heterocycles. The third kappa shape index (κ3) is 3.81. The van der Waals surface area contributed by atoms with Gasteiger partial charge in [0.25, 0.3) is 5.56 Å². The van der Waals surface area contributed by atoms with Gasteiger partial charge in [0.1, 0.15) is 15.7 Å². The van der Waals surface area contributed by atoms with Gasteiger partial charge in [-0.3, -0.25) is 19.0 Å². The van der Waals surface area contributed by atoms with E-state index in [2.05, 4.69) is 10.3 Å². The van der Waals surface area contributed by atoms with Crippen LogP contribution in [0.4, 0.5) is 5.69 Å². The number of carboxylic acid groups (broad SMARTS) is 1. The SMILES string of the molecule is CCC(C(=O)Nc1cccc(C(C)=O)c1)n1cnc2sc(C(=O)O)c(C)c2c1=O. The van der Waals surface area contributed by atoms with E-state index >= 15 is 0 Å². The summed E-state index contributed by atoms with van der Waals surface area (Å²) < 4.78 is 1.22. The highest BCUT2D eigenvalue weighted by molar-refractivity contribution is 7.20. The number of carbonyl (C=O) groups is 3. The summed E-state index contributed by atoms with van der Waals surface area (Å²) in [6.45, 7) is 4.75. The van der Waals surface area contributed by atoms with Crippen molar-refractivity contribution in [2.45, 2.75) is 33.2 Å². The maximum Gasteiger partial charge on any atom is 0.346 e. The molecule has 3 rings (SSSR count). The van der Waals surface area contributed by atoms with Crippen molar-refractivity contribution in [1.82, 2.24) is 9.55 Å². The number of hydrogen-bond donors (Lipinski definition) is 2. The Kier molecular flexibility index (Phi) is 5.60. The maximum absolute atomic E-state index is 13.0. The van der Waals surface area contributed by atoms with Crippen LogP contribution in [-0.2, 0) is 4.79 Å². The van der Waals surface area contributed by atoms with E-state index in [0.29, 0.717) is 28.1 Å². The number of nitrogens with one attached hydrogen (secondary N) is 1. The van der Waals surface area contributed by atoms with Crippen molar-refractivity contribution in [3.63, 3.8) is 0 Å². The lowest BCUT2D eigenvalue weighted by Crippen LogP contribution is -2.33. The zero-order chi connectivity index (χ0) is 21.3. The molecule has 0 aliphatic rings. The highest BCUT2D eigenvalue weighted by Gasteiger charge is 2.24. The van der Waals surface area contributed by atoms with E-state index < -0.39 is 23.5 Å². The molecule has 9 heteroatoms. The van der Waals surface area contributed by atoms with Gasteiger partial charge >= 0.3 is 5.97 Å². The average molecular weight is 413 g/mol. The first-order chi connectivity index (χ1) is 13.7. The van der Waals surface area contributed by atoms with E-state index in [1.54, 1.807) is 38.1 Å². The molecule has 0 spiro atoms. The van der Waals surface area contributed by atoms with E-state index in [9.17, 15) is 24.3 Å². The molecule has 29 heavy (non-hydrogen) atoms. The number of thiophene rings is 1. The second-order valence-corrected chi connectivity index (χ2v) is 7.55. The zero-order valence-electron chi connectivity index (χ0n) is 16.1. The van der Waals surface area contributed by atoms with Gasteiger partial charge in [0.2, 0.25) is 5.91 Å². The number of carboxylic acids is 1. The summed E-state index contributed by atoms with van der Waals surface area (Å²) in [5, 5.41) is 12.2. The summed E-state index contributed by atoms with van der Waals surface area (Å²) in [4.78, 5) is 53.3. The third-order valence-corrected chi connectivity index (χ3v) is 5.82. The summed E-state index contributed by atoms with van der Waals surface area (Å²) >= 11 is 0.933. The summed E-state index contributed by atoms with van der Waals surface area (Å²) in [5.41, 5.74) is 0.791. The molecule has 0 aliphatic carbocycles. The molecule has 0 bridgehead atoms. The first kappa shape index (κ1) is 20.4. The predicted octanol–water partition coefficient (Wildman–Crippen LogP) is 3.26. The highest BCUT2D eigenvalue weighted by atomic mass is 32.1. The van der Waals surface area contributed by atoms with Crippen LogP contribution in [-0.4, -0.2) is 32.3 Å². The number of rotatable bonds is 6. The quantitative estimate of drug-likeness (QED) is 0.599. The summed E-state index contributed by atoms with van der Waals surface area (Å²) in [5.74, 6) is -1.67. The molecule has 2 aromatic heterocycles. The fourth-order valence-electron chi connectivity index (χ4n) is 3.11. The van der Waals surface area contributed by atoms with Gasteiger partial charge in [-0.2, -0.15) is 0 Å². The van der Waals surface area contributed by atoms with Gasteiger partial charge in [-0.15, -0.1) is 11.3 Å². The number of nitrogens with zero attached hydrogens (tertiary/aromatic N) is 2. The minimum Gasteiger partial charge on any atom is -0.477 e. The smallest absolute Gasteiger partial charge is 0.346 e. The van der Waals surface area contributed by atoms with Crippen molar-refractivity contribution in [3.05, 3.63) is 57.0 Å². The molecule has 0 radical (unpaired) electrons. The molecule has 150 valence electrons. The van der Waals surface area contributed by atoms with Crippen molar-refractivity contribution >= 4 is 44.9 Å². The number of aryl methyl sites for hydroxylation is 1. The van der Waals surface area contributed by atoms with Gasteiger partial charge in [0, 0.05) is 11.3 Å². The monoisotopic (exact) mass is 413 g/mol. The predicted molar refractivity (Wildman–Crippen MR) is 110 cm³/mol. The number of anilines is 1. The number of hydrogen-bond acceptors (Lipinski definition) is 6. The maximum atomic E-state index is 13.0. The second kappa shape index (κ2) is 7.96. The Labute approximate surface area is 169 Å². The Balaban J connectivity index is 1.99. The number of aromatic carboxylic acids is 1. The lowest BCUT2D eigenvalue weighted by atomic mass is 10.1. The molecule has 0 aliphatic heterocycles. The van der Waals surface area contributed by atoms with Gasteiger partial charge in [-0.1, -0.05) is 19.1 Å². The van der Waals surface area contributed by atoms with Gasteiger partial charge in [0.15, 0.2) is 5.78 Å². The van der Waals surface area contributed by atoms with E-state index in [4.69, 9.17) is 0 Å².